The molecule has 0 N–H and O–H groups in total. The zero-order valence-corrected chi connectivity index (χ0v) is 8.79. The second-order valence-corrected chi connectivity index (χ2v) is 3.88. The van der Waals surface area contributed by atoms with Crippen molar-refractivity contribution in [1.82, 2.24) is 0 Å². The first-order valence-corrected chi connectivity index (χ1v) is 4.70. The second kappa shape index (κ2) is 3.88. The predicted molar refractivity (Wildman–Crippen MR) is 48.9 cm³/mol. The molecule has 1 atom stereocenters. The van der Waals surface area contributed by atoms with Crippen LogP contribution in [0.1, 0.15) is 16.0 Å². The molecule has 1 aromatic carbocycles. The van der Waals surface area contributed by atoms with Crippen molar-refractivity contribution in [2.24, 2.45) is 0 Å². The minimum absolute atomic E-state index is 0.116. The minimum atomic E-state index is -4.40. The lowest BCUT2D eigenvalue weighted by atomic mass is 10.1. The van der Waals surface area contributed by atoms with E-state index in [-0.39, 0.29) is 5.56 Å². The molecule has 0 aliphatic rings. The van der Waals surface area contributed by atoms with E-state index in [4.69, 9.17) is 0 Å². The third kappa shape index (κ3) is 2.70. The molecule has 14 heavy (non-hydrogen) atoms. The Hall–Kier alpha value is -0.580. The lowest BCUT2D eigenvalue weighted by Gasteiger charge is -2.14. The molecule has 0 saturated heterocycles. The molecular weight excluding hydrogens is 264 g/mol. The summed E-state index contributed by atoms with van der Waals surface area (Å²) in [6.07, 6.45) is -4.40. The molecule has 0 fully saturated rings. The number of halogens is 5. The highest BCUT2D eigenvalue weighted by molar-refractivity contribution is 9.09. The van der Waals surface area contributed by atoms with E-state index in [2.05, 4.69) is 15.9 Å². The van der Waals surface area contributed by atoms with Crippen molar-refractivity contribution in [3.8, 4) is 0 Å². The fourth-order valence-electron chi connectivity index (χ4n) is 1.10. The van der Waals surface area contributed by atoms with Gasteiger partial charge in [0.15, 0.2) is 0 Å². The Bertz CT molecular complexity index is 312. The zero-order valence-electron chi connectivity index (χ0n) is 7.20. The molecule has 0 nitrogen and oxygen atoms in total. The van der Waals surface area contributed by atoms with Crippen molar-refractivity contribution in [1.29, 1.82) is 0 Å². The Morgan fingerprint density at radius 1 is 1.21 bits per heavy atom. The van der Waals surface area contributed by atoms with Crippen LogP contribution in [0.5, 0.6) is 0 Å². The Kier molecular flexibility index (Phi) is 3.19. The van der Waals surface area contributed by atoms with E-state index in [1.54, 1.807) is 6.92 Å². The van der Waals surface area contributed by atoms with Crippen LogP contribution in [0, 0.1) is 12.7 Å². The largest absolute Gasteiger partial charge is 0.405 e. The molecule has 0 saturated carbocycles. The van der Waals surface area contributed by atoms with Gasteiger partial charge in [0, 0.05) is 0 Å². The second-order valence-electron chi connectivity index (χ2n) is 2.97. The summed E-state index contributed by atoms with van der Waals surface area (Å²) in [6.45, 7) is 1.54. The number of rotatable bonds is 1. The van der Waals surface area contributed by atoms with Gasteiger partial charge >= 0.3 is 6.18 Å². The van der Waals surface area contributed by atoms with Crippen LogP contribution in [0.25, 0.3) is 0 Å². The van der Waals surface area contributed by atoms with E-state index < -0.39 is 16.8 Å². The molecule has 0 aliphatic heterocycles. The number of aryl methyl sites for hydroxylation is 1. The Labute approximate surface area is 87.1 Å². The predicted octanol–water partition coefficient (Wildman–Crippen LogP) is 4.13. The third-order valence-corrected chi connectivity index (χ3v) is 2.69. The van der Waals surface area contributed by atoms with Crippen molar-refractivity contribution >= 4 is 15.9 Å². The molecule has 0 radical (unpaired) electrons. The van der Waals surface area contributed by atoms with Crippen LogP contribution in [-0.4, -0.2) is 6.18 Å². The maximum Gasteiger partial charge on any atom is 0.405 e. The lowest BCUT2D eigenvalue weighted by Crippen LogP contribution is -2.15. The summed E-state index contributed by atoms with van der Waals surface area (Å²) < 4.78 is 49.5. The number of hydrogen-bond acceptors (Lipinski definition) is 0. The van der Waals surface area contributed by atoms with Crippen molar-refractivity contribution < 1.29 is 17.6 Å². The number of alkyl halides is 4. The van der Waals surface area contributed by atoms with Gasteiger partial charge in [0.2, 0.25) is 0 Å². The smallest absolute Gasteiger partial charge is 0.207 e. The Morgan fingerprint density at radius 2 is 1.79 bits per heavy atom. The van der Waals surface area contributed by atoms with Crippen molar-refractivity contribution in [3.05, 3.63) is 35.1 Å². The van der Waals surface area contributed by atoms with Gasteiger partial charge in [0.25, 0.3) is 0 Å². The summed E-state index contributed by atoms with van der Waals surface area (Å²) in [6, 6.07) is 3.36. The number of hydrogen-bond donors (Lipinski definition) is 0. The monoisotopic (exact) mass is 270 g/mol. The maximum atomic E-state index is 12.8. The fourth-order valence-corrected chi connectivity index (χ4v) is 1.36. The first-order valence-electron chi connectivity index (χ1n) is 3.78. The third-order valence-electron chi connectivity index (χ3n) is 1.64. The molecule has 1 rings (SSSR count). The van der Waals surface area contributed by atoms with Crippen LogP contribution in [0.3, 0.4) is 0 Å². The first-order chi connectivity index (χ1) is 6.30. The highest BCUT2D eigenvalue weighted by atomic mass is 79.9. The minimum Gasteiger partial charge on any atom is -0.207 e. The summed E-state index contributed by atoms with van der Waals surface area (Å²) in [5, 5.41) is 0. The van der Waals surface area contributed by atoms with Gasteiger partial charge in [0.05, 0.1) is 0 Å². The SMILES string of the molecule is Cc1cc(F)cc(C(Br)C(F)(F)F)c1. The molecule has 1 unspecified atom stereocenters. The van der Waals surface area contributed by atoms with Gasteiger partial charge in [-0.3, -0.25) is 0 Å². The lowest BCUT2D eigenvalue weighted by molar-refractivity contribution is -0.128. The highest BCUT2D eigenvalue weighted by Crippen LogP contribution is 2.39. The summed E-state index contributed by atoms with van der Waals surface area (Å²) in [5.41, 5.74) is 0.351. The average molecular weight is 271 g/mol. The van der Waals surface area contributed by atoms with Crippen LogP contribution in [0.2, 0.25) is 0 Å². The van der Waals surface area contributed by atoms with Gasteiger partial charge in [-0.2, -0.15) is 13.2 Å². The van der Waals surface area contributed by atoms with Crippen LogP contribution in [-0.2, 0) is 0 Å². The molecule has 0 aliphatic carbocycles. The summed E-state index contributed by atoms with van der Waals surface area (Å²) >= 11 is 2.48. The molecule has 0 spiro atoms. The summed E-state index contributed by atoms with van der Waals surface area (Å²) in [5.74, 6) is -0.659. The summed E-state index contributed by atoms with van der Waals surface area (Å²) in [4.78, 5) is -1.82. The van der Waals surface area contributed by atoms with Crippen molar-refractivity contribution in [2.45, 2.75) is 17.9 Å². The van der Waals surface area contributed by atoms with Gasteiger partial charge in [-0.25, -0.2) is 4.39 Å². The van der Waals surface area contributed by atoms with Crippen LogP contribution < -0.4 is 0 Å². The van der Waals surface area contributed by atoms with Gasteiger partial charge < -0.3 is 0 Å². The van der Waals surface area contributed by atoms with Crippen molar-refractivity contribution in [3.63, 3.8) is 0 Å². The quantitative estimate of drug-likeness (QED) is 0.532. The summed E-state index contributed by atoms with van der Waals surface area (Å²) in [7, 11) is 0. The molecular formula is C9H7BrF4. The van der Waals surface area contributed by atoms with Gasteiger partial charge in [-0.1, -0.05) is 22.0 Å². The average Bonchev–Trinajstić information content (AvgIpc) is 1.99. The first kappa shape index (κ1) is 11.5. The van der Waals surface area contributed by atoms with E-state index in [9.17, 15) is 17.6 Å². The van der Waals surface area contributed by atoms with E-state index in [0.717, 1.165) is 6.07 Å². The van der Waals surface area contributed by atoms with Crippen LogP contribution in [0.4, 0.5) is 17.6 Å². The van der Waals surface area contributed by atoms with E-state index >= 15 is 0 Å². The van der Waals surface area contributed by atoms with E-state index in [1.165, 1.54) is 12.1 Å². The maximum absolute atomic E-state index is 12.8. The Balaban J connectivity index is 3.07. The van der Waals surface area contributed by atoms with Crippen molar-refractivity contribution in [2.75, 3.05) is 0 Å². The molecule has 0 amide bonds. The molecule has 0 bridgehead atoms. The highest BCUT2D eigenvalue weighted by Gasteiger charge is 2.38. The number of benzene rings is 1. The van der Waals surface area contributed by atoms with E-state index in [0.29, 0.717) is 5.56 Å². The normalized spacial score (nSPS) is 14.1. The molecule has 78 valence electrons. The van der Waals surface area contributed by atoms with Gasteiger partial charge in [-0.05, 0) is 30.2 Å². The standard InChI is InChI=1S/C9H7BrF4/c1-5-2-6(4-7(11)3-5)8(10)9(12,13)14/h2-4,8H,1H3. The van der Waals surface area contributed by atoms with Crippen LogP contribution >= 0.6 is 15.9 Å². The zero-order chi connectivity index (χ0) is 10.9. The fraction of sp³-hybridized carbons (Fsp3) is 0.333. The molecule has 1 aromatic rings. The van der Waals surface area contributed by atoms with Gasteiger partial charge in [-0.15, -0.1) is 0 Å². The Morgan fingerprint density at radius 3 is 2.21 bits per heavy atom. The van der Waals surface area contributed by atoms with Gasteiger partial charge in [0.1, 0.15) is 10.6 Å². The van der Waals surface area contributed by atoms with Crippen LogP contribution in [0.15, 0.2) is 18.2 Å². The molecule has 5 heteroatoms. The molecule has 0 heterocycles. The topological polar surface area (TPSA) is 0 Å². The molecule has 0 aromatic heterocycles. The van der Waals surface area contributed by atoms with E-state index in [1.807, 2.05) is 0 Å².